The number of ether oxygens (including phenoxy) is 1. The quantitative estimate of drug-likeness (QED) is 0.459. The van der Waals surface area contributed by atoms with E-state index < -0.39 is 23.5 Å². The fourth-order valence-electron chi connectivity index (χ4n) is 4.17. The zero-order chi connectivity index (χ0) is 25.4. The van der Waals surface area contributed by atoms with E-state index in [1.54, 1.807) is 45.0 Å². The van der Waals surface area contributed by atoms with Crippen molar-refractivity contribution < 1.29 is 24.5 Å². The molecule has 2 N–H and O–H groups in total. The van der Waals surface area contributed by atoms with E-state index in [9.17, 15) is 19.8 Å². The summed E-state index contributed by atoms with van der Waals surface area (Å²) in [6, 6.07) is 11.0. The number of phenols is 1. The van der Waals surface area contributed by atoms with Crippen molar-refractivity contribution in [2.75, 3.05) is 30.5 Å². The second kappa shape index (κ2) is 9.42. The molecule has 0 saturated heterocycles. The Balaban J connectivity index is 1.89. The smallest absolute Gasteiger partial charge is 0.294 e. The minimum Gasteiger partial charge on any atom is -0.504 e. The molecule has 1 unspecified atom stereocenters. The Labute approximate surface area is 207 Å². The average Bonchev–Trinajstić information content (AvgIpc) is 3.30. The van der Waals surface area contributed by atoms with Crippen LogP contribution in [-0.4, -0.2) is 47.6 Å². The van der Waals surface area contributed by atoms with Gasteiger partial charge in [0.05, 0.1) is 33.8 Å². The summed E-state index contributed by atoms with van der Waals surface area (Å²) < 4.78 is 5.55. The fraction of sp³-hybridized carbons (Fsp3) is 0.269. The first-order valence-corrected chi connectivity index (χ1v) is 11.9. The van der Waals surface area contributed by atoms with Gasteiger partial charge in [-0.25, -0.2) is 4.98 Å². The summed E-state index contributed by atoms with van der Waals surface area (Å²) in [5.74, 6) is -1.57. The Hall–Kier alpha value is -3.85. The van der Waals surface area contributed by atoms with Gasteiger partial charge in [0.15, 0.2) is 17.3 Å². The van der Waals surface area contributed by atoms with Gasteiger partial charge in [0.25, 0.3) is 5.91 Å². The van der Waals surface area contributed by atoms with Crippen LogP contribution in [0.15, 0.2) is 53.8 Å². The minimum absolute atomic E-state index is 0.0356. The summed E-state index contributed by atoms with van der Waals surface area (Å²) in [4.78, 5) is 35.1. The van der Waals surface area contributed by atoms with Crippen molar-refractivity contribution in [3.05, 3.63) is 74.9 Å². The Morgan fingerprint density at radius 1 is 1.14 bits per heavy atom. The highest BCUT2D eigenvalue weighted by molar-refractivity contribution is 7.14. The Kier molecular flexibility index (Phi) is 6.53. The highest BCUT2D eigenvalue weighted by atomic mass is 32.1. The topological polar surface area (TPSA) is 103 Å². The number of aliphatic hydroxyl groups excluding tert-OH is 1. The lowest BCUT2D eigenvalue weighted by atomic mass is 9.94. The predicted molar refractivity (Wildman–Crippen MR) is 136 cm³/mol. The van der Waals surface area contributed by atoms with Crippen LogP contribution in [-0.2, 0) is 4.79 Å². The molecule has 0 bridgehead atoms. The van der Waals surface area contributed by atoms with E-state index >= 15 is 0 Å². The number of aromatic nitrogens is 1. The van der Waals surface area contributed by atoms with Gasteiger partial charge in [0, 0.05) is 25.5 Å². The maximum atomic E-state index is 13.7. The van der Waals surface area contributed by atoms with E-state index in [0.29, 0.717) is 33.4 Å². The van der Waals surface area contributed by atoms with Crippen LogP contribution in [0.25, 0.3) is 0 Å². The molecule has 0 aliphatic carbocycles. The molecule has 1 aromatic heterocycles. The molecular weight excluding hydrogens is 466 g/mol. The number of aryl methyl sites for hydroxylation is 2. The maximum absolute atomic E-state index is 13.7. The van der Waals surface area contributed by atoms with E-state index in [0.717, 1.165) is 5.69 Å². The number of carbonyl (C=O) groups excluding carboxylic acids is 2. The number of thiazole rings is 1. The van der Waals surface area contributed by atoms with E-state index in [2.05, 4.69) is 4.98 Å². The van der Waals surface area contributed by atoms with Crippen LogP contribution in [0.2, 0.25) is 0 Å². The summed E-state index contributed by atoms with van der Waals surface area (Å²) in [5.41, 5.74) is 2.47. The molecule has 4 rings (SSSR count). The molecule has 2 aromatic carbocycles. The van der Waals surface area contributed by atoms with Crippen LogP contribution in [0.3, 0.4) is 0 Å². The van der Waals surface area contributed by atoms with Crippen molar-refractivity contribution in [3.63, 3.8) is 0 Å². The number of benzene rings is 2. The summed E-state index contributed by atoms with van der Waals surface area (Å²) in [6.07, 6.45) is 0. The van der Waals surface area contributed by atoms with Gasteiger partial charge in [-0.15, -0.1) is 11.3 Å². The Bertz CT molecular complexity index is 1330. The summed E-state index contributed by atoms with van der Waals surface area (Å²) in [5, 5.41) is 21.9. The molecule has 3 aromatic rings. The van der Waals surface area contributed by atoms with Crippen molar-refractivity contribution in [1.29, 1.82) is 0 Å². The second-order valence-electron chi connectivity index (χ2n) is 8.39. The third-order valence-corrected chi connectivity index (χ3v) is 6.88. The van der Waals surface area contributed by atoms with E-state index in [-0.39, 0.29) is 17.1 Å². The normalized spacial score (nSPS) is 15.6. The lowest BCUT2D eigenvalue weighted by Gasteiger charge is -2.27. The summed E-state index contributed by atoms with van der Waals surface area (Å²) in [7, 11) is 3.82. The van der Waals surface area contributed by atoms with Crippen LogP contribution >= 0.6 is 11.3 Å². The SMILES string of the molecule is CCOc1cc(C2C(C(=O)c3sc(C)nc3C)=C(O)C(=O)N2c2ccc(N(C)C)cc2)ccc1O. The number of hydrogen-bond acceptors (Lipinski definition) is 8. The molecule has 182 valence electrons. The van der Waals surface area contributed by atoms with Crippen LogP contribution < -0.4 is 14.5 Å². The van der Waals surface area contributed by atoms with Gasteiger partial charge in [-0.05, 0) is 62.7 Å². The van der Waals surface area contributed by atoms with Gasteiger partial charge in [0.1, 0.15) is 0 Å². The molecule has 0 saturated carbocycles. The molecule has 1 aliphatic rings. The van der Waals surface area contributed by atoms with Gasteiger partial charge in [-0.3, -0.25) is 14.5 Å². The van der Waals surface area contributed by atoms with Gasteiger partial charge >= 0.3 is 0 Å². The second-order valence-corrected chi connectivity index (χ2v) is 9.59. The maximum Gasteiger partial charge on any atom is 0.294 e. The first kappa shape index (κ1) is 24.3. The molecule has 1 aliphatic heterocycles. The fourth-order valence-corrected chi connectivity index (χ4v) is 5.04. The van der Waals surface area contributed by atoms with Crippen LogP contribution in [0.4, 0.5) is 11.4 Å². The van der Waals surface area contributed by atoms with Gasteiger partial charge in [-0.1, -0.05) is 6.07 Å². The number of anilines is 2. The Morgan fingerprint density at radius 2 is 1.83 bits per heavy atom. The van der Waals surface area contributed by atoms with Gasteiger partial charge in [0.2, 0.25) is 5.78 Å². The Morgan fingerprint density at radius 3 is 2.40 bits per heavy atom. The average molecular weight is 494 g/mol. The van der Waals surface area contributed by atoms with Crippen LogP contribution in [0, 0.1) is 13.8 Å². The standard InChI is InChI=1S/C26H27N3O5S/c1-6-34-20-13-16(7-12-19(20)30)22-21(23(31)25-14(2)27-15(3)35-25)24(32)26(33)29(22)18-10-8-17(9-11-18)28(4)5/h7-13,22,30,32H,6H2,1-5H3. The zero-order valence-corrected chi connectivity index (χ0v) is 21.0. The van der Waals surface area contributed by atoms with E-state index in [1.165, 1.54) is 22.3 Å². The number of aliphatic hydroxyl groups is 1. The zero-order valence-electron chi connectivity index (χ0n) is 20.2. The van der Waals surface area contributed by atoms with Crippen molar-refractivity contribution >= 4 is 34.4 Å². The number of Topliss-reactive ketones (excluding diaryl/α,β-unsaturated/α-hetero) is 1. The van der Waals surface area contributed by atoms with Gasteiger partial charge < -0.3 is 19.8 Å². The van der Waals surface area contributed by atoms with E-state index in [4.69, 9.17) is 4.74 Å². The number of amides is 1. The van der Waals surface area contributed by atoms with Crippen molar-refractivity contribution in [3.8, 4) is 11.5 Å². The van der Waals surface area contributed by atoms with E-state index in [1.807, 2.05) is 31.1 Å². The molecule has 35 heavy (non-hydrogen) atoms. The number of aromatic hydroxyl groups is 1. The number of nitrogens with zero attached hydrogens (tertiary/aromatic N) is 3. The number of rotatable bonds is 7. The lowest BCUT2D eigenvalue weighted by molar-refractivity contribution is -0.117. The third kappa shape index (κ3) is 4.35. The highest BCUT2D eigenvalue weighted by Crippen LogP contribution is 2.44. The van der Waals surface area contributed by atoms with Crippen LogP contribution in [0.1, 0.15) is 38.9 Å². The first-order valence-electron chi connectivity index (χ1n) is 11.1. The van der Waals surface area contributed by atoms with Crippen LogP contribution in [0.5, 0.6) is 11.5 Å². The number of ketones is 1. The molecule has 1 atom stereocenters. The first-order chi connectivity index (χ1) is 16.6. The molecule has 0 fully saturated rings. The largest absolute Gasteiger partial charge is 0.504 e. The van der Waals surface area contributed by atoms with Crippen molar-refractivity contribution in [2.24, 2.45) is 0 Å². The molecule has 0 spiro atoms. The minimum atomic E-state index is -0.929. The summed E-state index contributed by atoms with van der Waals surface area (Å²) in [6.45, 7) is 5.64. The third-order valence-electron chi connectivity index (χ3n) is 5.81. The number of phenolic OH excluding ortho intramolecular Hbond substituents is 1. The van der Waals surface area contributed by atoms with Crippen molar-refractivity contribution in [1.82, 2.24) is 4.98 Å². The number of carbonyl (C=O) groups is 2. The lowest BCUT2D eigenvalue weighted by Crippen LogP contribution is -2.31. The van der Waals surface area contributed by atoms with Crippen molar-refractivity contribution in [2.45, 2.75) is 26.8 Å². The molecule has 9 heteroatoms. The monoisotopic (exact) mass is 493 g/mol. The molecule has 1 amide bonds. The molecular formula is C26H27N3O5S. The molecule has 0 radical (unpaired) electrons. The highest BCUT2D eigenvalue weighted by Gasteiger charge is 2.45. The predicted octanol–water partition coefficient (Wildman–Crippen LogP) is 4.71. The molecule has 2 heterocycles. The molecule has 8 nitrogen and oxygen atoms in total. The summed E-state index contributed by atoms with van der Waals surface area (Å²) >= 11 is 1.22. The van der Waals surface area contributed by atoms with Gasteiger partial charge in [-0.2, -0.15) is 0 Å². The number of hydrogen-bond donors (Lipinski definition) is 2.